The Balaban J connectivity index is 2.37. The van der Waals surface area contributed by atoms with Gasteiger partial charge in [0.2, 0.25) is 0 Å². The van der Waals surface area contributed by atoms with Gasteiger partial charge in [0.05, 0.1) is 6.42 Å². The number of aryl methyl sites for hydroxylation is 1. The number of nitrogens with one attached hydrogen (secondary N) is 2. The van der Waals surface area contributed by atoms with E-state index in [1.807, 2.05) is 6.92 Å². The van der Waals surface area contributed by atoms with Gasteiger partial charge < -0.3 is 15.4 Å². The number of anilines is 1. The predicted octanol–water partition coefficient (Wildman–Crippen LogP) is 2.97. The van der Waals surface area contributed by atoms with Crippen molar-refractivity contribution in [3.63, 3.8) is 0 Å². The molecule has 0 spiro atoms. The first-order chi connectivity index (χ1) is 11.3. The number of amides is 1. The summed E-state index contributed by atoms with van der Waals surface area (Å²) in [5, 5.41) is 11.7. The number of carbonyl (C=O) groups excluding carboxylic acids is 2. The van der Waals surface area contributed by atoms with Crippen molar-refractivity contribution in [2.45, 2.75) is 33.6 Å². The van der Waals surface area contributed by atoms with E-state index in [0.29, 0.717) is 40.2 Å². The first-order valence-corrected chi connectivity index (χ1v) is 7.68. The Morgan fingerprint density at radius 1 is 1.21 bits per heavy atom. The summed E-state index contributed by atoms with van der Waals surface area (Å²) in [4.78, 5) is 38.3. The fraction of sp³-hybridized carbons (Fsp3) is 0.278. The molecule has 6 heteroatoms. The van der Waals surface area contributed by atoms with Crippen molar-refractivity contribution in [2.24, 2.45) is 0 Å². The molecule has 0 fully saturated rings. The maximum absolute atomic E-state index is 12.6. The minimum atomic E-state index is -0.972. The van der Waals surface area contributed by atoms with E-state index in [4.69, 9.17) is 5.11 Å². The summed E-state index contributed by atoms with van der Waals surface area (Å²) in [5.74, 6) is -1.45. The summed E-state index contributed by atoms with van der Waals surface area (Å²) in [5.41, 5.74) is 3.18. The Morgan fingerprint density at radius 3 is 2.46 bits per heavy atom. The molecule has 0 atom stereocenters. The van der Waals surface area contributed by atoms with E-state index in [0.717, 1.165) is 0 Å². The van der Waals surface area contributed by atoms with E-state index in [9.17, 15) is 14.4 Å². The lowest BCUT2D eigenvalue weighted by Gasteiger charge is -2.10. The maximum atomic E-state index is 12.6. The highest BCUT2D eigenvalue weighted by molar-refractivity contribution is 6.08. The fourth-order valence-corrected chi connectivity index (χ4v) is 2.84. The molecule has 0 aliphatic carbocycles. The van der Waals surface area contributed by atoms with Gasteiger partial charge in [-0.15, -0.1) is 0 Å². The lowest BCUT2D eigenvalue weighted by Crippen LogP contribution is -2.16. The van der Waals surface area contributed by atoms with Crippen LogP contribution in [0.15, 0.2) is 24.3 Å². The summed E-state index contributed by atoms with van der Waals surface area (Å²) in [7, 11) is 0. The average molecular weight is 328 g/mol. The fourth-order valence-electron chi connectivity index (χ4n) is 2.84. The smallest absolute Gasteiger partial charge is 0.307 e. The molecule has 0 aliphatic rings. The molecule has 2 rings (SSSR count). The first kappa shape index (κ1) is 17.5. The lowest BCUT2D eigenvalue weighted by atomic mass is 10.0. The number of carboxylic acids is 1. The molecule has 0 radical (unpaired) electrons. The largest absolute Gasteiger partial charge is 0.481 e. The molecule has 1 aromatic carbocycles. The number of aliphatic carboxylic acids is 1. The molecule has 0 saturated heterocycles. The van der Waals surface area contributed by atoms with Gasteiger partial charge in [-0.25, -0.2) is 0 Å². The van der Waals surface area contributed by atoms with E-state index < -0.39 is 5.97 Å². The molecule has 2 aromatic rings. The van der Waals surface area contributed by atoms with E-state index in [1.54, 1.807) is 31.2 Å². The van der Waals surface area contributed by atoms with Crippen molar-refractivity contribution in [3.8, 4) is 0 Å². The van der Waals surface area contributed by atoms with Crippen molar-refractivity contribution < 1.29 is 19.5 Å². The van der Waals surface area contributed by atoms with Crippen molar-refractivity contribution in [2.75, 3.05) is 5.32 Å². The van der Waals surface area contributed by atoms with Gasteiger partial charge in [-0.3, -0.25) is 14.4 Å². The molecule has 0 saturated carbocycles. The third-order valence-corrected chi connectivity index (χ3v) is 3.83. The van der Waals surface area contributed by atoms with Crippen LogP contribution >= 0.6 is 0 Å². The molecular weight excluding hydrogens is 308 g/mol. The van der Waals surface area contributed by atoms with Crippen LogP contribution in [0.3, 0.4) is 0 Å². The molecule has 24 heavy (non-hydrogen) atoms. The lowest BCUT2D eigenvalue weighted by molar-refractivity contribution is -0.136. The van der Waals surface area contributed by atoms with E-state index in [1.165, 1.54) is 6.92 Å². The zero-order valence-corrected chi connectivity index (χ0v) is 13.9. The zero-order valence-electron chi connectivity index (χ0n) is 13.9. The van der Waals surface area contributed by atoms with Crippen LogP contribution in [-0.4, -0.2) is 27.8 Å². The van der Waals surface area contributed by atoms with Crippen LogP contribution in [0, 0.1) is 6.92 Å². The molecule has 0 aliphatic heterocycles. The van der Waals surface area contributed by atoms with Crippen LogP contribution in [0.4, 0.5) is 5.69 Å². The highest BCUT2D eigenvalue weighted by Gasteiger charge is 2.22. The molecule has 1 aromatic heterocycles. The highest BCUT2D eigenvalue weighted by Crippen LogP contribution is 2.23. The van der Waals surface area contributed by atoms with Gasteiger partial charge in [-0.1, -0.05) is 25.1 Å². The number of carboxylic acid groups (broad SMARTS) is 1. The number of hydrogen-bond donors (Lipinski definition) is 3. The summed E-state index contributed by atoms with van der Waals surface area (Å²) >= 11 is 0. The van der Waals surface area contributed by atoms with Crippen LogP contribution < -0.4 is 5.32 Å². The van der Waals surface area contributed by atoms with Gasteiger partial charge in [-0.2, -0.15) is 0 Å². The van der Waals surface area contributed by atoms with Crippen molar-refractivity contribution in [3.05, 3.63) is 52.3 Å². The summed E-state index contributed by atoms with van der Waals surface area (Å²) in [6, 6.07) is 6.76. The second-order valence-electron chi connectivity index (χ2n) is 5.57. The summed E-state index contributed by atoms with van der Waals surface area (Å²) < 4.78 is 0. The molecule has 126 valence electrons. The van der Waals surface area contributed by atoms with Crippen LogP contribution in [0.25, 0.3) is 0 Å². The van der Waals surface area contributed by atoms with Gasteiger partial charge in [0.15, 0.2) is 5.78 Å². The Morgan fingerprint density at radius 2 is 1.88 bits per heavy atom. The Hall–Kier alpha value is -2.89. The van der Waals surface area contributed by atoms with Crippen molar-refractivity contribution in [1.82, 2.24) is 4.98 Å². The second kappa shape index (κ2) is 7.12. The number of carbonyl (C=O) groups is 3. The topological polar surface area (TPSA) is 99.3 Å². The Bertz CT molecular complexity index is 805. The van der Waals surface area contributed by atoms with Crippen LogP contribution in [0.5, 0.6) is 0 Å². The number of para-hydroxylation sites is 1. The molecule has 1 heterocycles. The minimum Gasteiger partial charge on any atom is -0.481 e. The number of ketones is 1. The number of rotatable bonds is 6. The molecule has 3 N–H and O–H groups in total. The molecule has 1 amide bonds. The third-order valence-electron chi connectivity index (χ3n) is 3.83. The van der Waals surface area contributed by atoms with Crippen molar-refractivity contribution >= 4 is 23.3 Å². The number of aromatic amines is 1. The normalized spacial score (nSPS) is 10.5. The third kappa shape index (κ3) is 3.53. The van der Waals surface area contributed by atoms with Crippen LogP contribution in [0.2, 0.25) is 0 Å². The van der Waals surface area contributed by atoms with Gasteiger partial charge in [-0.05, 0) is 37.5 Å². The van der Waals surface area contributed by atoms with Crippen LogP contribution in [0.1, 0.15) is 51.5 Å². The monoisotopic (exact) mass is 328 g/mol. The Kier molecular flexibility index (Phi) is 5.18. The van der Waals surface area contributed by atoms with E-state index >= 15 is 0 Å². The number of aromatic nitrogens is 1. The second-order valence-corrected chi connectivity index (χ2v) is 5.57. The number of H-pyrrole nitrogens is 1. The van der Waals surface area contributed by atoms with Gasteiger partial charge in [0, 0.05) is 16.9 Å². The maximum Gasteiger partial charge on any atom is 0.307 e. The molecule has 6 nitrogen and oxygen atoms in total. The first-order valence-electron chi connectivity index (χ1n) is 7.68. The number of Topliss-reactive ketones (excluding diaryl/α,β-unsaturated/α-hetero) is 1. The summed E-state index contributed by atoms with van der Waals surface area (Å²) in [6.45, 7) is 5.11. The molecule has 0 unspecified atom stereocenters. The standard InChI is InChI=1S/C18H20N2O4/c1-4-13-16(11(3)21)10(2)19-17(13)18(24)20-14-8-6-5-7-12(14)9-15(22)23/h5-8,19H,4,9H2,1-3H3,(H,20,24)(H,22,23). The van der Waals surface area contributed by atoms with Crippen molar-refractivity contribution in [1.29, 1.82) is 0 Å². The number of hydrogen-bond acceptors (Lipinski definition) is 3. The van der Waals surface area contributed by atoms with E-state index in [2.05, 4.69) is 10.3 Å². The van der Waals surface area contributed by atoms with Gasteiger partial charge >= 0.3 is 5.97 Å². The average Bonchev–Trinajstić information content (AvgIpc) is 2.85. The highest BCUT2D eigenvalue weighted by atomic mass is 16.4. The van der Waals surface area contributed by atoms with Crippen LogP contribution in [-0.2, 0) is 17.6 Å². The quantitative estimate of drug-likeness (QED) is 0.710. The minimum absolute atomic E-state index is 0.0917. The SMILES string of the molecule is CCc1c(C(=O)Nc2ccccc2CC(=O)O)[nH]c(C)c1C(C)=O. The Labute approximate surface area is 139 Å². The predicted molar refractivity (Wildman–Crippen MR) is 90.6 cm³/mol. The van der Waals surface area contributed by atoms with Gasteiger partial charge in [0.1, 0.15) is 5.69 Å². The zero-order chi connectivity index (χ0) is 17.9. The van der Waals surface area contributed by atoms with Gasteiger partial charge in [0.25, 0.3) is 5.91 Å². The van der Waals surface area contributed by atoms with E-state index in [-0.39, 0.29) is 18.1 Å². The molecule has 0 bridgehead atoms. The number of benzene rings is 1. The summed E-state index contributed by atoms with van der Waals surface area (Å²) in [6.07, 6.45) is 0.359. The molecular formula is C18H20N2O4.